The second-order valence-corrected chi connectivity index (χ2v) is 4.82. The Morgan fingerprint density at radius 3 is 2.78 bits per heavy atom. The Morgan fingerprint density at radius 1 is 1.56 bits per heavy atom. The predicted octanol–water partition coefficient (Wildman–Crippen LogP) is 1.13. The molecule has 1 heterocycles. The molecule has 0 saturated heterocycles. The van der Waals surface area contributed by atoms with Crippen LogP contribution in [-0.2, 0) is 17.9 Å². The third kappa shape index (κ3) is 4.83. The Labute approximate surface area is 107 Å². The number of hydrogen-bond acceptors (Lipinski definition) is 4. The van der Waals surface area contributed by atoms with Crippen LogP contribution in [0.3, 0.4) is 0 Å². The van der Waals surface area contributed by atoms with E-state index in [1.807, 2.05) is 20.8 Å². The highest BCUT2D eigenvalue weighted by atomic mass is 16.4. The van der Waals surface area contributed by atoms with Crippen LogP contribution >= 0.6 is 0 Å². The molecule has 1 unspecified atom stereocenters. The zero-order valence-electron chi connectivity index (χ0n) is 11.3. The van der Waals surface area contributed by atoms with E-state index in [4.69, 9.17) is 5.11 Å². The zero-order chi connectivity index (χ0) is 13.5. The van der Waals surface area contributed by atoms with E-state index in [1.165, 1.54) is 0 Å². The Morgan fingerprint density at radius 2 is 2.28 bits per heavy atom. The third-order valence-corrected chi connectivity index (χ3v) is 2.67. The third-order valence-electron chi connectivity index (χ3n) is 2.67. The van der Waals surface area contributed by atoms with Gasteiger partial charge in [-0.1, -0.05) is 13.8 Å². The van der Waals surface area contributed by atoms with Crippen LogP contribution in [0.1, 0.15) is 32.9 Å². The molecule has 0 aliphatic carbocycles. The van der Waals surface area contributed by atoms with Crippen molar-refractivity contribution in [3.8, 4) is 0 Å². The van der Waals surface area contributed by atoms with Crippen molar-refractivity contribution < 1.29 is 9.90 Å². The average Bonchev–Trinajstić information content (AvgIpc) is 2.75. The highest BCUT2D eigenvalue weighted by Gasteiger charge is 2.18. The summed E-state index contributed by atoms with van der Waals surface area (Å²) >= 11 is 0. The Bertz CT molecular complexity index is 376. The fourth-order valence-corrected chi connectivity index (χ4v) is 1.78. The minimum absolute atomic E-state index is 0.341. The van der Waals surface area contributed by atoms with Gasteiger partial charge in [0.15, 0.2) is 0 Å². The van der Waals surface area contributed by atoms with Gasteiger partial charge >= 0.3 is 5.97 Å². The molecular weight excluding hydrogens is 232 g/mol. The monoisotopic (exact) mass is 254 g/mol. The Kier molecular flexibility index (Phi) is 5.77. The summed E-state index contributed by atoms with van der Waals surface area (Å²) < 4.78 is 0. The molecule has 0 radical (unpaired) electrons. The van der Waals surface area contributed by atoms with Crippen molar-refractivity contribution in [3.05, 3.63) is 11.9 Å². The smallest absolute Gasteiger partial charge is 0.307 e. The van der Waals surface area contributed by atoms with Gasteiger partial charge < -0.3 is 10.4 Å². The molecule has 0 aliphatic heterocycles. The van der Waals surface area contributed by atoms with E-state index in [0.717, 1.165) is 12.2 Å². The molecular formula is C12H22N4O2. The molecule has 1 rings (SSSR count). The van der Waals surface area contributed by atoms with Crippen molar-refractivity contribution in [2.24, 2.45) is 11.8 Å². The first-order chi connectivity index (χ1) is 8.52. The van der Waals surface area contributed by atoms with Crippen molar-refractivity contribution >= 4 is 5.97 Å². The number of nitrogens with one attached hydrogen (secondary N) is 1. The number of rotatable bonds is 8. The number of carboxylic acids is 1. The lowest BCUT2D eigenvalue weighted by atomic mass is 9.97. The van der Waals surface area contributed by atoms with Crippen molar-refractivity contribution in [1.29, 1.82) is 0 Å². The molecule has 1 aromatic heterocycles. The van der Waals surface area contributed by atoms with Crippen molar-refractivity contribution in [2.75, 3.05) is 6.54 Å². The largest absolute Gasteiger partial charge is 0.481 e. The van der Waals surface area contributed by atoms with Gasteiger partial charge in [-0.05, 0) is 19.3 Å². The van der Waals surface area contributed by atoms with Crippen LogP contribution in [0.2, 0.25) is 0 Å². The maximum atomic E-state index is 11.1. The van der Waals surface area contributed by atoms with Crippen LogP contribution in [0.15, 0.2) is 6.20 Å². The molecule has 1 aromatic rings. The maximum Gasteiger partial charge on any atom is 0.307 e. The second kappa shape index (κ2) is 7.10. The zero-order valence-corrected chi connectivity index (χ0v) is 11.3. The Hall–Kier alpha value is -1.43. The first-order valence-corrected chi connectivity index (χ1v) is 6.35. The average molecular weight is 254 g/mol. The van der Waals surface area contributed by atoms with Gasteiger partial charge in [0.05, 0.1) is 24.4 Å². The molecule has 2 N–H and O–H groups in total. The van der Waals surface area contributed by atoms with Crippen LogP contribution in [0, 0.1) is 11.8 Å². The minimum atomic E-state index is -0.742. The van der Waals surface area contributed by atoms with E-state index in [0.29, 0.717) is 25.4 Å². The number of aliphatic carboxylic acids is 1. The molecule has 0 saturated carbocycles. The van der Waals surface area contributed by atoms with Crippen LogP contribution in [0.25, 0.3) is 0 Å². The molecule has 1 atom stereocenters. The summed E-state index contributed by atoms with van der Waals surface area (Å²) in [6.07, 6.45) is 2.39. The normalized spacial score (nSPS) is 12.9. The Balaban J connectivity index is 2.36. The van der Waals surface area contributed by atoms with Gasteiger partial charge in [-0.2, -0.15) is 15.0 Å². The summed E-state index contributed by atoms with van der Waals surface area (Å²) in [4.78, 5) is 12.7. The number of aryl methyl sites for hydroxylation is 1. The maximum absolute atomic E-state index is 11.1. The molecule has 0 aliphatic rings. The van der Waals surface area contributed by atoms with Crippen LogP contribution < -0.4 is 5.32 Å². The van der Waals surface area contributed by atoms with E-state index in [1.54, 1.807) is 11.0 Å². The topological polar surface area (TPSA) is 80.0 Å². The van der Waals surface area contributed by atoms with Crippen molar-refractivity contribution in [3.63, 3.8) is 0 Å². The summed E-state index contributed by atoms with van der Waals surface area (Å²) in [5.74, 6) is -0.700. The lowest BCUT2D eigenvalue weighted by Crippen LogP contribution is -2.29. The molecule has 0 aromatic carbocycles. The quantitative estimate of drug-likeness (QED) is 0.727. The lowest BCUT2D eigenvalue weighted by molar-refractivity contribution is -0.142. The number of carboxylic acid groups (broad SMARTS) is 1. The lowest BCUT2D eigenvalue weighted by Gasteiger charge is -2.14. The highest BCUT2D eigenvalue weighted by molar-refractivity contribution is 5.70. The summed E-state index contributed by atoms with van der Waals surface area (Å²) in [5, 5.41) is 20.5. The van der Waals surface area contributed by atoms with Crippen LogP contribution in [-0.4, -0.2) is 32.6 Å². The summed E-state index contributed by atoms with van der Waals surface area (Å²) in [5.41, 5.74) is 0.838. The minimum Gasteiger partial charge on any atom is -0.481 e. The van der Waals surface area contributed by atoms with Crippen LogP contribution in [0.5, 0.6) is 0 Å². The van der Waals surface area contributed by atoms with Crippen molar-refractivity contribution in [1.82, 2.24) is 20.3 Å². The predicted molar refractivity (Wildman–Crippen MR) is 68.0 cm³/mol. The molecule has 0 fully saturated rings. The number of carbonyl (C=O) groups is 1. The molecule has 6 nitrogen and oxygen atoms in total. The fourth-order valence-electron chi connectivity index (χ4n) is 1.78. The van der Waals surface area contributed by atoms with E-state index in [-0.39, 0.29) is 5.92 Å². The summed E-state index contributed by atoms with van der Waals surface area (Å²) in [7, 11) is 0. The number of hydrogen-bond donors (Lipinski definition) is 2. The van der Waals surface area contributed by atoms with E-state index < -0.39 is 5.97 Å². The highest BCUT2D eigenvalue weighted by Crippen LogP contribution is 2.11. The number of aromatic nitrogens is 3. The molecule has 0 spiro atoms. The standard InChI is InChI=1S/C12H22N4O2/c1-4-16-14-8-11(15-16)7-13-6-10(12(17)18)5-9(2)3/h8-10,13H,4-7H2,1-3H3,(H,17,18). The van der Waals surface area contributed by atoms with E-state index in [9.17, 15) is 4.79 Å². The van der Waals surface area contributed by atoms with Crippen LogP contribution in [0.4, 0.5) is 0 Å². The first-order valence-electron chi connectivity index (χ1n) is 6.35. The molecule has 6 heteroatoms. The molecule has 0 bridgehead atoms. The second-order valence-electron chi connectivity index (χ2n) is 4.82. The fraction of sp³-hybridized carbons (Fsp3) is 0.750. The van der Waals surface area contributed by atoms with Gasteiger partial charge in [0, 0.05) is 13.1 Å². The van der Waals surface area contributed by atoms with E-state index in [2.05, 4.69) is 15.5 Å². The van der Waals surface area contributed by atoms with Crippen molar-refractivity contribution in [2.45, 2.75) is 40.3 Å². The van der Waals surface area contributed by atoms with Gasteiger partial charge in [-0.3, -0.25) is 4.79 Å². The van der Waals surface area contributed by atoms with E-state index >= 15 is 0 Å². The van der Waals surface area contributed by atoms with Gasteiger partial charge in [-0.15, -0.1) is 0 Å². The summed E-state index contributed by atoms with van der Waals surface area (Å²) in [6, 6.07) is 0. The number of nitrogens with zero attached hydrogens (tertiary/aromatic N) is 3. The SMILES string of the molecule is CCn1ncc(CNCC(CC(C)C)C(=O)O)n1. The molecule has 0 amide bonds. The van der Waals surface area contributed by atoms with Gasteiger partial charge in [-0.25, -0.2) is 0 Å². The summed E-state index contributed by atoms with van der Waals surface area (Å²) in [6.45, 7) is 7.80. The molecule has 102 valence electrons. The first kappa shape index (κ1) is 14.6. The van der Waals surface area contributed by atoms with Gasteiger partial charge in [0.25, 0.3) is 0 Å². The van der Waals surface area contributed by atoms with Gasteiger partial charge in [0.2, 0.25) is 0 Å². The molecule has 18 heavy (non-hydrogen) atoms. The van der Waals surface area contributed by atoms with Gasteiger partial charge in [0.1, 0.15) is 0 Å².